The minimum atomic E-state index is -0.0454. The minimum absolute atomic E-state index is 0.0281. The SMILES string of the molecule is O=C(c1ccc(CN2CCn3cccc3C2c2ccccc2Cl)o1)N1CCc2ccccc2C1. The number of hydrogen-bond donors (Lipinski definition) is 0. The molecule has 1 amide bonds. The Morgan fingerprint density at radius 1 is 0.912 bits per heavy atom. The number of rotatable bonds is 4. The summed E-state index contributed by atoms with van der Waals surface area (Å²) in [5.41, 5.74) is 4.84. The molecule has 0 fully saturated rings. The molecule has 6 rings (SSSR count). The zero-order valence-electron chi connectivity index (χ0n) is 18.9. The third kappa shape index (κ3) is 3.85. The number of benzene rings is 2. The molecule has 0 saturated heterocycles. The fraction of sp³-hybridized carbons (Fsp3) is 0.250. The normalized spacial score (nSPS) is 17.9. The number of carbonyl (C=O) groups is 1. The molecule has 4 aromatic rings. The highest BCUT2D eigenvalue weighted by Gasteiger charge is 2.31. The lowest BCUT2D eigenvalue weighted by molar-refractivity contribution is 0.0696. The van der Waals surface area contributed by atoms with E-state index in [4.69, 9.17) is 16.0 Å². The summed E-state index contributed by atoms with van der Waals surface area (Å²) in [7, 11) is 0. The van der Waals surface area contributed by atoms with Gasteiger partial charge in [-0.2, -0.15) is 0 Å². The van der Waals surface area contributed by atoms with E-state index in [-0.39, 0.29) is 11.9 Å². The Kier molecular flexibility index (Phi) is 5.52. The summed E-state index contributed by atoms with van der Waals surface area (Å²) in [6.07, 6.45) is 3.00. The fourth-order valence-corrected chi connectivity index (χ4v) is 5.50. The molecule has 2 aliphatic heterocycles. The molecule has 0 bridgehead atoms. The Hall–Kier alpha value is -3.28. The summed E-state index contributed by atoms with van der Waals surface area (Å²) in [6.45, 7) is 3.72. The van der Waals surface area contributed by atoms with Crippen LogP contribution in [0.15, 0.2) is 83.4 Å². The monoisotopic (exact) mass is 471 g/mol. The van der Waals surface area contributed by atoms with Crippen LogP contribution in [0, 0.1) is 0 Å². The van der Waals surface area contributed by atoms with Gasteiger partial charge in [-0.1, -0.05) is 54.1 Å². The Balaban J connectivity index is 1.23. The van der Waals surface area contributed by atoms with E-state index < -0.39 is 0 Å². The van der Waals surface area contributed by atoms with E-state index in [1.54, 1.807) is 0 Å². The van der Waals surface area contributed by atoms with E-state index in [9.17, 15) is 4.79 Å². The second kappa shape index (κ2) is 8.82. The van der Waals surface area contributed by atoms with Crippen LogP contribution in [0.1, 0.15) is 44.7 Å². The molecule has 2 aromatic carbocycles. The van der Waals surface area contributed by atoms with Gasteiger partial charge in [-0.3, -0.25) is 9.69 Å². The molecule has 1 atom stereocenters. The van der Waals surface area contributed by atoms with Crippen molar-refractivity contribution in [2.75, 3.05) is 13.1 Å². The van der Waals surface area contributed by atoms with Gasteiger partial charge < -0.3 is 13.9 Å². The van der Waals surface area contributed by atoms with E-state index >= 15 is 0 Å². The van der Waals surface area contributed by atoms with Crippen molar-refractivity contribution >= 4 is 17.5 Å². The predicted octanol–water partition coefficient (Wildman–Crippen LogP) is 5.54. The number of halogens is 1. The van der Waals surface area contributed by atoms with Crippen molar-refractivity contribution in [2.24, 2.45) is 0 Å². The van der Waals surface area contributed by atoms with Crippen LogP contribution in [-0.4, -0.2) is 33.4 Å². The van der Waals surface area contributed by atoms with Crippen LogP contribution in [0.5, 0.6) is 0 Å². The number of furan rings is 1. The highest BCUT2D eigenvalue weighted by atomic mass is 35.5. The van der Waals surface area contributed by atoms with Gasteiger partial charge in [0.25, 0.3) is 5.91 Å². The Morgan fingerprint density at radius 3 is 2.62 bits per heavy atom. The lowest BCUT2D eigenvalue weighted by Crippen LogP contribution is -2.38. The molecule has 1 unspecified atom stereocenters. The first-order valence-corrected chi connectivity index (χ1v) is 12.1. The van der Waals surface area contributed by atoms with E-state index in [0.717, 1.165) is 35.9 Å². The molecule has 0 N–H and O–H groups in total. The van der Waals surface area contributed by atoms with Crippen LogP contribution >= 0.6 is 11.6 Å². The van der Waals surface area contributed by atoms with Crippen LogP contribution < -0.4 is 0 Å². The summed E-state index contributed by atoms with van der Waals surface area (Å²) >= 11 is 6.62. The quantitative estimate of drug-likeness (QED) is 0.392. The number of aromatic nitrogens is 1. The number of nitrogens with zero attached hydrogens (tertiary/aromatic N) is 3. The van der Waals surface area contributed by atoms with Gasteiger partial charge in [0.1, 0.15) is 5.76 Å². The topological polar surface area (TPSA) is 41.6 Å². The third-order valence-electron chi connectivity index (χ3n) is 6.99. The number of fused-ring (bicyclic) bond motifs is 2. The Labute approximate surface area is 204 Å². The predicted molar refractivity (Wildman–Crippen MR) is 132 cm³/mol. The highest BCUT2D eigenvalue weighted by molar-refractivity contribution is 6.31. The average Bonchev–Trinajstić information content (AvgIpc) is 3.54. The zero-order chi connectivity index (χ0) is 23.1. The van der Waals surface area contributed by atoms with Crippen molar-refractivity contribution in [1.82, 2.24) is 14.4 Å². The fourth-order valence-electron chi connectivity index (χ4n) is 5.26. The average molecular weight is 472 g/mol. The van der Waals surface area contributed by atoms with Crippen molar-refractivity contribution in [3.8, 4) is 0 Å². The van der Waals surface area contributed by atoms with Crippen LogP contribution in [-0.2, 0) is 26.1 Å². The van der Waals surface area contributed by atoms with Crippen molar-refractivity contribution in [3.63, 3.8) is 0 Å². The first kappa shape index (κ1) is 21.3. The standard InChI is InChI=1S/C28H26ClN3O2/c29-24-9-4-3-8-23(24)27-25-10-5-14-30(25)16-17-31(27)19-22-11-12-26(34-22)28(33)32-15-13-20-6-1-2-7-21(20)18-32/h1-12,14,27H,13,15-19H2. The first-order valence-electron chi connectivity index (χ1n) is 11.8. The van der Waals surface area contributed by atoms with E-state index in [1.807, 2.05) is 41.3 Å². The number of amides is 1. The second-order valence-electron chi connectivity index (χ2n) is 9.03. The molecule has 2 aromatic heterocycles. The summed E-state index contributed by atoms with van der Waals surface area (Å²) in [5.74, 6) is 1.15. The lowest BCUT2D eigenvalue weighted by Gasteiger charge is -2.37. The maximum Gasteiger partial charge on any atom is 0.289 e. The highest BCUT2D eigenvalue weighted by Crippen LogP contribution is 2.37. The van der Waals surface area contributed by atoms with Gasteiger partial charge in [-0.05, 0) is 53.4 Å². The van der Waals surface area contributed by atoms with Gasteiger partial charge in [0.2, 0.25) is 0 Å². The molecule has 4 heterocycles. The molecular weight excluding hydrogens is 446 g/mol. The first-order chi connectivity index (χ1) is 16.7. The molecule has 34 heavy (non-hydrogen) atoms. The van der Waals surface area contributed by atoms with Gasteiger partial charge in [0.05, 0.1) is 12.6 Å². The molecule has 0 spiro atoms. The van der Waals surface area contributed by atoms with E-state index in [2.05, 4.69) is 52.1 Å². The molecule has 5 nitrogen and oxygen atoms in total. The summed E-state index contributed by atoms with van der Waals surface area (Å²) in [6, 6.07) is 24.4. The van der Waals surface area contributed by atoms with Crippen molar-refractivity contribution in [2.45, 2.75) is 32.1 Å². The van der Waals surface area contributed by atoms with Crippen LogP contribution in [0.2, 0.25) is 5.02 Å². The van der Waals surface area contributed by atoms with Gasteiger partial charge in [-0.15, -0.1) is 0 Å². The van der Waals surface area contributed by atoms with Gasteiger partial charge in [-0.25, -0.2) is 0 Å². The molecule has 0 saturated carbocycles. The van der Waals surface area contributed by atoms with Crippen molar-refractivity contribution in [3.05, 3.63) is 118 Å². The summed E-state index contributed by atoms with van der Waals surface area (Å²) in [5, 5.41) is 0.757. The minimum Gasteiger partial charge on any atom is -0.455 e. The lowest BCUT2D eigenvalue weighted by atomic mass is 9.99. The smallest absolute Gasteiger partial charge is 0.289 e. The van der Waals surface area contributed by atoms with Gasteiger partial charge in [0, 0.05) is 43.1 Å². The third-order valence-corrected chi connectivity index (χ3v) is 7.33. The van der Waals surface area contributed by atoms with Crippen LogP contribution in [0.4, 0.5) is 0 Å². The summed E-state index contributed by atoms with van der Waals surface area (Å²) in [4.78, 5) is 17.4. The van der Waals surface area contributed by atoms with E-state index in [1.165, 1.54) is 16.8 Å². The van der Waals surface area contributed by atoms with Crippen LogP contribution in [0.3, 0.4) is 0 Å². The Morgan fingerprint density at radius 2 is 1.74 bits per heavy atom. The second-order valence-corrected chi connectivity index (χ2v) is 9.44. The molecule has 2 aliphatic rings. The molecular formula is C28H26ClN3O2. The molecule has 172 valence electrons. The van der Waals surface area contributed by atoms with E-state index in [0.29, 0.717) is 25.4 Å². The Bertz CT molecular complexity index is 1340. The molecule has 0 radical (unpaired) electrons. The summed E-state index contributed by atoms with van der Waals surface area (Å²) < 4.78 is 8.39. The van der Waals surface area contributed by atoms with Gasteiger partial charge in [0.15, 0.2) is 5.76 Å². The van der Waals surface area contributed by atoms with Crippen LogP contribution in [0.25, 0.3) is 0 Å². The number of hydrogen-bond acceptors (Lipinski definition) is 3. The zero-order valence-corrected chi connectivity index (χ0v) is 19.6. The molecule has 6 heteroatoms. The van der Waals surface area contributed by atoms with Gasteiger partial charge >= 0.3 is 0 Å². The molecule has 0 aliphatic carbocycles. The maximum atomic E-state index is 13.2. The van der Waals surface area contributed by atoms with Crippen molar-refractivity contribution < 1.29 is 9.21 Å². The number of carbonyl (C=O) groups excluding carboxylic acids is 1. The maximum absolute atomic E-state index is 13.2. The largest absolute Gasteiger partial charge is 0.455 e. The van der Waals surface area contributed by atoms with Crippen molar-refractivity contribution in [1.29, 1.82) is 0 Å².